The van der Waals surface area contributed by atoms with Gasteiger partial charge in [-0.15, -0.1) is 10.2 Å². The fourth-order valence-electron chi connectivity index (χ4n) is 4.13. The van der Waals surface area contributed by atoms with Crippen molar-refractivity contribution in [3.05, 3.63) is 79.1 Å². The number of aromatic nitrogens is 3. The molecule has 0 bridgehead atoms. The largest absolute Gasteiger partial charge is 0.354 e. The number of pyridine rings is 1. The van der Waals surface area contributed by atoms with Gasteiger partial charge in [-0.2, -0.15) is 0 Å². The first-order valence-electron chi connectivity index (χ1n) is 10.6. The molecule has 6 nitrogen and oxygen atoms in total. The Morgan fingerprint density at radius 3 is 2.71 bits per heavy atom. The molecule has 2 aromatic heterocycles. The van der Waals surface area contributed by atoms with Crippen molar-refractivity contribution in [2.24, 2.45) is 5.92 Å². The zero-order valence-corrected chi connectivity index (χ0v) is 17.1. The minimum Gasteiger partial charge on any atom is -0.354 e. The Bertz CT molecular complexity index is 1190. The molecule has 154 valence electrons. The number of piperidine rings is 1. The van der Waals surface area contributed by atoms with Crippen molar-refractivity contribution < 1.29 is 4.79 Å². The summed E-state index contributed by atoms with van der Waals surface area (Å²) in [5, 5.41) is 14.1. The summed E-state index contributed by atoms with van der Waals surface area (Å²) < 4.78 is 0. The van der Waals surface area contributed by atoms with Gasteiger partial charge in [-0.3, -0.25) is 9.78 Å². The molecule has 5 rings (SSSR count). The number of anilines is 2. The third-order valence-electron chi connectivity index (χ3n) is 5.77. The highest BCUT2D eigenvalue weighted by atomic mass is 16.1. The first-order chi connectivity index (χ1) is 15.3. The minimum absolute atomic E-state index is 0.0565. The summed E-state index contributed by atoms with van der Waals surface area (Å²) in [5.41, 5.74) is 2.59. The van der Waals surface area contributed by atoms with Gasteiger partial charge in [-0.05, 0) is 48.6 Å². The average molecular weight is 409 g/mol. The van der Waals surface area contributed by atoms with E-state index in [1.54, 1.807) is 12.4 Å². The van der Waals surface area contributed by atoms with E-state index in [9.17, 15) is 4.79 Å². The van der Waals surface area contributed by atoms with Gasteiger partial charge in [0.25, 0.3) is 0 Å². The van der Waals surface area contributed by atoms with Gasteiger partial charge in [0.15, 0.2) is 5.82 Å². The lowest BCUT2D eigenvalue weighted by atomic mass is 9.96. The van der Waals surface area contributed by atoms with E-state index in [-0.39, 0.29) is 11.8 Å². The molecule has 0 saturated carbocycles. The number of amides is 1. The molecule has 1 N–H and O–H groups in total. The van der Waals surface area contributed by atoms with Crippen molar-refractivity contribution in [3.63, 3.8) is 0 Å². The summed E-state index contributed by atoms with van der Waals surface area (Å²) in [6, 6.07) is 21.9. The summed E-state index contributed by atoms with van der Waals surface area (Å²) in [7, 11) is 0. The number of rotatable bonds is 4. The van der Waals surface area contributed by atoms with Crippen LogP contribution >= 0.6 is 0 Å². The lowest BCUT2D eigenvalue weighted by molar-refractivity contribution is -0.120. The summed E-state index contributed by atoms with van der Waals surface area (Å²) >= 11 is 0. The first kappa shape index (κ1) is 19.2. The van der Waals surface area contributed by atoms with Crippen LogP contribution in [0.2, 0.25) is 0 Å². The molecule has 3 heterocycles. The Kier molecular flexibility index (Phi) is 5.27. The SMILES string of the molecule is O=C(Nc1cccc2ccccc12)C1CCCN(c2ccc(-c3cccnc3)nn2)C1. The molecule has 31 heavy (non-hydrogen) atoms. The zero-order chi connectivity index (χ0) is 21.0. The van der Waals surface area contributed by atoms with Crippen LogP contribution in [0.4, 0.5) is 11.5 Å². The van der Waals surface area contributed by atoms with E-state index in [4.69, 9.17) is 0 Å². The van der Waals surface area contributed by atoms with E-state index in [1.165, 1.54) is 0 Å². The number of carbonyl (C=O) groups excluding carboxylic acids is 1. The molecule has 1 aliphatic heterocycles. The van der Waals surface area contributed by atoms with Gasteiger partial charge in [0.1, 0.15) is 0 Å². The Labute approximate surface area is 181 Å². The fourth-order valence-corrected chi connectivity index (χ4v) is 4.13. The summed E-state index contributed by atoms with van der Waals surface area (Å²) in [6.07, 6.45) is 5.33. The highest BCUT2D eigenvalue weighted by Gasteiger charge is 2.27. The Hall–Kier alpha value is -3.80. The molecule has 1 saturated heterocycles. The second kappa shape index (κ2) is 8.52. The smallest absolute Gasteiger partial charge is 0.229 e. The van der Waals surface area contributed by atoms with E-state index in [0.29, 0.717) is 6.54 Å². The maximum Gasteiger partial charge on any atom is 0.229 e. The van der Waals surface area contributed by atoms with Gasteiger partial charge < -0.3 is 10.2 Å². The van der Waals surface area contributed by atoms with E-state index in [1.807, 2.05) is 54.6 Å². The fraction of sp³-hybridized carbons (Fsp3) is 0.200. The van der Waals surface area contributed by atoms with Gasteiger partial charge in [-0.25, -0.2) is 0 Å². The third kappa shape index (κ3) is 4.10. The molecule has 0 radical (unpaired) electrons. The predicted molar refractivity (Wildman–Crippen MR) is 123 cm³/mol. The molecule has 0 aliphatic carbocycles. The predicted octanol–water partition coefficient (Wildman–Crippen LogP) is 4.55. The van der Waals surface area contributed by atoms with Crippen LogP contribution < -0.4 is 10.2 Å². The first-order valence-corrected chi connectivity index (χ1v) is 10.6. The summed E-state index contributed by atoms with van der Waals surface area (Å²) in [5.74, 6) is 0.767. The van der Waals surface area contributed by atoms with Gasteiger partial charge in [0, 0.05) is 42.1 Å². The van der Waals surface area contributed by atoms with Crippen LogP contribution in [-0.2, 0) is 4.79 Å². The second-order valence-corrected chi connectivity index (χ2v) is 7.82. The van der Waals surface area contributed by atoms with E-state index in [0.717, 1.165) is 52.9 Å². The topological polar surface area (TPSA) is 71.0 Å². The van der Waals surface area contributed by atoms with E-state index in [2.05, 4.69) is 37.5 Å². The van der Waals surface area contributed by atoms with Gasteiger partial charge in [0.2, 0.25) is 5.91 Å². The summed E-state index contributed by atoms with van der Waals surface area (Å²) in [6.45, 7) is 1.51. The van der Waals surface area contributed by atoms with E-state index >= 15 is 0 Å². The highest BCUT2D eigenvalue weighted by Crippen LogP contribution is 2.27. The monoisotopic (exact) mass is 409 g/mol. The van der Waals surface area contributed by atoms with Crippen LogP contribution in [0.1, 0.15) is 12.8 Å². The Morgan fingerprint density at radius 2 is 1.87 bits per heavy atom. The third-order valence-corrected chi connectivity index (χ3v) is 5.77. The Morgan fingerprint density at radius 1 is 0.968 bits per heavy atom. The number of nitrogens with zero attached hydrogens (tertiary/aromatic N) is 4. The van der Waals surface area contributed by atoms with Crippen molar-refractivity contribution in [3.8, 4) is 11.3 Å². The zero-order valence-electron chi connectivity index (χ0n) is 17.1. The maximum atomic E-state index is 13.0. The molecule has 1 unspecified atom stereocenters. The van der Waals surface area contributed by atoms with Crippen molar-refractivity contribution >= 4 is 28.2 Å². The number of fused-ring (bicyclic) bond motifs is 1. The molecule has 1 atom stereocenters. The number of hydrogen-bond donors (Lipinski definition) is 1. The van der Waals surface area contributed by atoms with Crippen molar-refractivity contribution in [1.82, 2.24) is 15.2 Å². The Balaban J connectivity index is 1.29. The van der Waals surface area contributed by atoms with Crippen molar-refractivity contribution in [2.45, 2.75) is 12.8 Å². The van der Waals surface area contributed by atoms with Crippen molar-refractivity contribution in [2.75, 3.05) is 23.3 Å². The van der Waals surface area contributed by atoms with Crippen LogP contribution in [0.5, 0.6) is 0 Å². The average Bonchev–Trinajstić information content (AvgIpc) is 2.85. The normalized spacial score (nSPS) is 16.3. The molecular weight excluding hydrogens is 386 g/mol. The van der Waals surface area contributed by atoms with Crippen molar-refractivity contribution in [1.29, 1.82) is 0 Å². The molecule has 6 heteroatoms. The molecule has 0 spiro atoms. The number of hydrogen-bond acceptors (Lipinski definition) is 5. The quantitative estimate of drug-likeness (QED) is 0.536. The van der Waals surface area contributed by atoms with Crippen LogP contribution in [0.15, 0.2) is 79.1 Å². The van der Waals surface area contributed by atoms with Crippen LogP contribution in [0.3, 0.4) is 0 Å². The van der Waals surface area contributed by atoms with E-state index < -0.39 is 0 Å². The number of benzene rings is 2. The molecule has 4 aromatic rings. The second-order valence-electron chi connectivity index (χ2n) is 7.82. The van der Waals surface area contributed by atoms with Crippen LogP contribution in [0.25, 0.3) is 22.0 Å². The molecule has 1 aliphatic rings. The lowest BCUT2D eigenvalue weighted by Crippen LogP contribution is -2.41. The molecule has 2 aromatic carbocycles. The number of nitrogens with one attached hydrogen (secondary N) is 1. The highest BCUT2D eigenvalue weighted by molar-refractivity contribution is 6.03. The van der Waals surface area contributed by atoms with Crippen LogP contribution in [0, 0.1) is 5.92 Å². The number of carbonyl (C=O) groups is 1. The lowest BCUT2D eigenvalue weighted by Gasteiger charge is -2.32. The minimum atomic E-state index is -0.0903. The molecule has 1 fully saturated rings. The summed E-state index contributed by atoms with van der Waals surface area (Å²) in [4.78, 5) is 19.3. The van der Waals surface area contributed by atoms with Gasteiger partial charge in [0.05, 0.1) is 11.6 Å². The molecular formula is C25H23N5O. The van der Waals surface area contributed by atoms with Gasteiger partial charge >= 0.3 is 0 Å². The van der Waals surface area contributed by atoms with Crippen LogP contribution in [-0.4, -0.2) is 34.2 Å². The maximum absolute atomic E-state index is 13.0. The standard InChI is InChI=1S/C25H23N5O/c31-25(27-23-11-3-7-18-6-1-2-10-21(18)23)20-9-5-15-30(17-20)24-13-12-22(28-29-24)19-8-4-14-26-16-19/h1-4,6-8,10-14,16,20H,5,9,15,17H2,(H,27,31). The van der Waals surface area contributed by atoms with Gasteiger partial charge in [-0.1, -0.05) is 36.4 Å². The molecule has 1 amide bonds.